The molecule has 2 unspecified atom stereocenters. The molecule has 0 amide bonds. The molecule has 1 aliphatic rings. The van der Waals surface area contributed by atoms with Gasteiger partial charge in [0.15, 0.2) is 0 Å². The van der Waals surface area contributed by atoms with Crippen molar-refractivity contribution in [3.05, 3.63) is 0 Å². The van der Waals surface area contributed by atoms with Gasteiger partial charge in [-0.25, -0.2) is 0 Å². The Morgan fingerprint density at radius 3 is 2.65 bits per heavy atom. The average Bonchev–Trinajstić information content (AvgIpc) is 3.20. The first-order valence-electron chi connectivity index (χ1n) is 8.13. The smallest absolute Gasteiger partial charge is 0.323 e. The van der Waals surface area contributed by atoms with Crippen LogP contribution in [0.5, 0.6) is 0 Å². The van der Waals surface area contributed by atoms with Gasteiger partial charge in [0.2, 0.25) is 0 Å². The Kier molecular flexibility index (Phi) is 7.52. The standard InChI is InChI=1S/C16H31NO3/c1-4-7-13(3)12-20-11-6-10-16(5-2,15(18)19)17-14-8-9-14/h13-14,17H,4-12H2,1-3H3,(H,18,19). The summed E-state index contributed by atoms with van der Waals surface area (Å²) in [5.41, 5.74) is -0.750. The van der Waals surface area contributed by atoms with Crippen LogP contribution in [0, 0.1) is 5.92 Å². The van der Waals surface area contributed by atoms with Crippen LogP contribution in [0.1, 0.15) is 65.7 Å². The summed E-state index contributed by atoms with van der Waals surface area (Å²) in [5.74, 6) is -0.119. The van der Waals surface area contributed by atoms with E-state index in [0.29, 0.717) is 31.4 Å². The van der Waals surface area contributed by atoms with Crippen molar-refractivity contribution < 1.29 is 14.6 Å². The van der Waals surface area contributed by atoms with E-state index in [-0.39, 0.29) is 0 Å². The molecule has 2 atom stereocenters. The second-order valence-corrected chi connectivity index (χ2v) is 6.23. The molecule has 20 heavy (non-hydrogen) atoms. The number of nitrogens with one attached hydrogen (secondary N) is 1. The number of rotatable bonds is 12. The molecule has 0 radical (unpaired) electrons. The monoisotopic (exact) mass is 285 g/mol. The van der Waals surface area contributed by atoms with Crippen LogP contribution in [0.4, 0.5) is 0 Å². The normalized spacial score (nSPS) is 19.6. The summed E-state index contributed by atoms with van der Waals surface area (Å²) in [4.78, 5) is 11.6. The summed E-state index contributed by atoms with van der Waals surface area (Å²) in [6.45, 7) is 7.79. The van der Waals surface area contributed by atoms with Gasteiger partial charge in [0.05, 0.1) is 0 Å². The van der Waals surface area contributed by atoms with E-state index in [0.717, 1.165) is 25.9 Å². The Labute approximate surface area is 123 Å². The number of aliphatic carboxylic acids is 1. The molecule has 4 nitrogen and oxygen atoms in total. The number of carbonyl (C=O) groups is 1. The summed E-state index contributed by atoms with van der Waals surface area (Å²) < 4.78 is 5.67. The van der Waals surface area contributed by atoms with Gasteiger partial charge in [-0.1, -0.05) is 27.2 Å². The molecular formula is C16H31NO3. The lowest BCUT2D eigenvalue weighted by molar-refractivity contribution is -0.145. The minimum absolute atomic E-state index is 0.413. The Bertz CT molecular complexity index is 291. The third-order valence-corrected chi connectivity index (χ3v) is 4.15. The predicted molar refractivity (Wildman–Crippen MR) is 80.9 cm³/mol. The van der Waals surface area contributed by atoms with E-state index in [2.05, 4.69) is 19.2 Å². The van der Waals surface area contributed by atoms with Gasteiger partial charge in [-0.2, -0.15) is 0 Å². The fourth-order valence-electron chi connectivity index (χ4n) is 2.63. The highest BCUT2D eigenvalue weighted by Gasteiger charge is 2.40. The van der Waals surface area contributed by atoms with E-state index in [1.54, 1.807) is 0 Å². The maximum Gasteiger partial charge on any atom is 0.323 e. The van der Waals surface area contributed by atoms with Gasteiger partial charge >= 0.3 is 5.97 Å². The molecule has 1 fully saturated rings. The molecule has 0 aliphatic heterocycles. The molecule has 0 spiro atoms. The molecule has 2 N–H and O–H groups in total. The van der Waals surface area contributed by atoms with Gasteiger partial charge < -0.3 is 9.84 Å². The summed E-state index contributed by atoms with van der Waals surface area (Å²) in [5, 5.41) is 12.8. The van der Waals surface area contributed by atoms with E-state index in [9.17, 15) is 9.90 Å². The minimum atomic E-state index is -0.750. The molecule has 118 valence electrons. The molecule has 0 heterocycles. The van der Waals surface area contributed by atoms with Crippen molar-refractivity contribution in [2.75, 3.05) is 13.2 Å². The minimum Gasteiger partial charge on any atom is -0.480 e. The van der Waals surface area contributed by atoms with Gasteiger partial charge in [-0.05, 0) is 44.4 Å². The molecule has 4 heteroatoms. The van der Waals surface area contributed by atoms with Gasteiger partial charge in [-0.3, -0.25) is 10.1 Å². The molecule has 1 saturated carbocycles. The van der Waals surface area contributed by atoms with Crippen molar-refractivity contribution in [1.82, 2.24) is 5.32 Å². The van der Waals surface area contributed by atoms with E-state index in [1.165, 1.54) is 12.8 Å². The number of carboxylic acids is 1. The average molecular weight is 285 g/mol. The quantitative estimate of drug-likeness (QED) is 0.541. The van der Waals surface area contributed by atoms with Crippen LogP contribution in [0.25, 0.3) is 0 Å². The van der Waals surface area contributed by atoms with Gasteiger partial charge in [0.1, 0.15) is 5.54 Å². The first-order chi connectivity index (χ1) is 9.54. The highest BCUT2D eigenvalue weighted by Crippen LogP contribution is 2.27. The van der Waals surface area contributed by atoms with Crippen LogP contribution < -0.4 is 5.32 Å². The predicted octanol–water partition coefficient (Wildman–Crippen LogP) is 3.20. The number of ether oxygens (including phenoxy) is 1. The van der Waals surface area contributed by atoms with Crippen LogP contribution in [0.2, 0.25) is 0 Å². The second kappa shape index (κ2) is 8.63. The Morgan fingerprint density at radius 2 is 2.15 bits per heavy atom. The molecular weight excluding hydrogens is 254 g/mol. The van der Waals surface area contributed by atoms with Crippen molar-refractivity contribution in [3.63, 3.8) is 0 Å². The topological polar surface area (TPSA) is 58.6 Å². The van der Waals surface area contributed by atoms with Crippen molar-refractivity contribution >= 4 is 5.97 Å². The number of carboxylic acid groups (broad SMARTS) is 1. The summed E-state index contributed by atoms with van der Waals surface area (Å²) in [7, 11) is 0. The van der Waals surface area contributed by atoms with E-state index in [4.69, 9.17) is 4.74 Å². The largest absolute Gasteiger partial charge is 0.480 e. The van der Waals surface area contributed by atoms with Crippen LogP contribution in [0.3, 0.4) is 0 Å². The fourth-order valence-corrected chi connectivity index (χ4v) is 2.63. The lowest BCUT2D eigenvalue weighted by Gasteiger charge is -2.29. The van der Waals surface area contributed by atoms with Gasteiger partial charge in [0.25, 0.3) is 0 Å². The third kappa shape index (κ3) is 5.80. The van der Waals surface area contributed by atoms with Crippen LogP contribution in [-0.4, -0.2) is 35.9 Å². The highest BCUT2D eigenvalue weighted by molar-refractivity contribution is 5.78. The molecule has 0 aromatic carbocycles. The Balaban J connectivity index is 2.26. The zero-order chi connectivity index (χ0) is 15.0. The fraction of sp³-hybridized carbons (Fsp3) is 0.938. The van der Waals surface area contributed by atoms with Crippen molar-refractivity contribution in [2.45, 2.75) is 77.3 Å². The number of hydrogen-bond acceptors (Lipinski definition) is 3. The Morgan fingerprint density at radius 1 is 1.45 bits per heavy atom. The molecule has 1 rings (SSSR count). The first-order valence-corrected chi connectivity index (χ1v) is 8.13. The first kappa shape index (κ1) is 17.4. The molecule has 1 aliphatic carbocycles. The summed E-state index contributed by atoms with van der Waals surface area (Å²) in [6.07, 6.45) is 6.69. The van der Waals surface area contributed by atoms with E-state index in [1.807, 2.05) is 6.92 Å². The zero-order valence-electron chi connectivity index (χ0n) is 13.3. The SMILES string of the molecule is CCCC(C)COCCCC(CC)(NC1CC1)C(=O)O. The van der Waals surface area contributed by atoms with Crippen LogP contribution >= 0.6 is 0 Å². The van der Waals surface area contributed by atoms with Crippen LogP contribution in [0.15, 0.2) is 0 Å². The zero-order valence-corrected chi connectivity index (χ0v) is 13.3. The van der Waals surface area contributed by atoms with E-state index >= 15 is 0 Å². The van der Waals surface area contributed by atoms with Crippen LogP contribution in [-0.2, 0) is 9.53 Å². The maximum atomic E-state index is 11.6. The second-order valence-electron chi connectivity index (χ2n) is 6.23. The number of hydrogen-bond donors (Lipinski definition) is 2. The third-order valence-electron chi connectivity index (χ3n) is 4.15. The van der Waals surface area contributed by atoms with Crippen molar-refractivity contribution in [1.29, 1.82) is 0 Å². The maximum absolute atomic E-state index is 11.6. The molecule has 0 bridgehead atoms. The molecule has 0 aromatic rings. The highest BCUT2D eigenvalue weighted by atomic mass is 16.5. The van der Waals surface area contributed by atoms with Crippen molar-refractivity contribution in [2.24, 2.45) is 5.92 Å². The summed E-state index contributed by atoms with van der Waals surface area (Å²) >= 11 is 0. The lowest BCUT2D eigenvalue weighted by Crippen LogP contribution is -2.52. The van der Waals surface area contributed by atoms with Crippen molar-refractivity contribution in [3.8, 4) is 0 Å². The van der Waals surface area contributed by atoms with Gasteiger partial charge in [0, 0.05) is 19.3 Å². The molecule has 0 saturated heterocycles. The molecule has 0 aromatic heterocycles. The summed E-state index contributed by atoms with van der Waals surface area (Å²) in [6, 6.07) is 0.413. The van der Waals surface area contributed by atoms with Gasteiger partial charge in [-0.15, -0.1) is 0 Å². The lowest BCUT2D eigenvalue weighted by atomic mass is 9.90. The Hall–Kier alpha value is -0.610. The van der Waals surface area contributed by atoms with E-state index < -0.39 is 11.5 Å².